The van der Waals surface area contributed by atoms with E-state index in [1.807, 2.05) is 31.2 Å². The molecule has 0 aliphatic heterocycles. The molecular formula is C20H22ClF3N2O3S. The van der Waals surface area contributed by atoms with Crippen LogP contribution in [0.1, 0.15) is 36.6 Å². The van der Waals surface area contributed by atoms with Crippen molar-refractivity contribution >= 4 is 33.2 Å². The van der Waals surface area contributed by atoms with E-state index < -0.39 is 45.3 Å². The lowest BCUT2D eigenvalue weighted by atomic mass is 10.1. The van der Waals surface area contributed by atoms with Crippen LogP contribution in [0.4, 0.5) is 18.9 Å². The number of rotatable bonds is 7. The van der Waals surface area contributed by atoms with Gasteiger partial charge in [0.1, 0.15) is 6.54 Å². The van der Waals surface area contributed by atoms with E-state index in [0.717, 1.165) is 35.9 Å². The van der Waals surface area contributed by atoms with Crippen LogP contribution in [0.3, 0.4) is 0 Å². The molecule has 0 fully saturated rings. The Kier molecular flexibility index (Phi) is 7.41. The highest BCUT2D eigenvalue weighted by atomic mass is 35.5. The summed E-state index contributed by atoms with van der Waals surface area (Å²) in [4.78, 5) is 12.5. The van der Waals surface area contributed by atoms with Gasteiger partial charge in [0.15, 0.2) is 0 Å². The summed E-state index contributed by atoms with van der Waals surface area (Å²) in [7, 11) is -4.04. The highest BCUT2D eigenvalue weighted by Gasteiger charge is 2.34. The summed E-state index contributed by atoms with van der Waals surface area (Å²) in [5.41, 5.74) is 0.463. The normalized spacial score (nSPS) is 13.0. The van der Waals surface area contributed by atoms with Gasteiger partial charge >= 0.3 is 6.18 Å². The second kappa shape index (κ2) is 9.26. The lowest BCUT2D eigenvalue weighted by Gasteiger charge is -2.24. The lowest BCUT2D eigenvalue weighted by molar-refractivity contribution is -0.137. The third kappa shape index (κ3) is 6.12. The fourth-order valence-electron chi connectivity index (χ4n) is 2.83. The van der Waals surface area contributed by atoms with Crippen LogP contribution in [0, 0.1) is 0 Å². The van der Waals surface area contributed by atoms with E-state index in [1.165, 1.54) is 0 Å². The number of hydrogen-bond donors (Lipinski definition) is 1. The summed E-state index contributed by atoms with van der Waals surface area (Å²) in [6.07, 6.45) is -3.09. The largest absolute Gasteiger partial charge is 0.417 e. The third-order valence-electron chi connectivity index (χ3n) is 4.50. The molecule has 1 unspecified atom stereocenters. The van der Waals surface area contributed by atoms with Crippen LogP contribution in [0.5, 0.6) is 0 Å². The number of alkyl halides is 3. The van der Waals surface area contributed by atoms with Crippen LogP contribution in [-0.2, 0) is 27.4 Å². The minimum Gasteiger partial charge on any atom is -0.348 e. The van der Waals surface area contributed by atoms with Gasteiger partial charge in [-0.15, -0.1) is 0 Å². The molecule has 164 valence electrons. The van der Waals surface area contributed by atoms with Crippen LogP contribution < -0.4 is 9.62 Å². The van der Waals surface area contributed by atoms with Gasteiger partial charge in [-0.25, -0.2) is 8.42 Å². The van der Waals surface area contributed by atoms with Gasteiger partial charge in [-0.05, 0) is 42.7 Å². The van der Waals surface area contributed by atoms with E-state index >= 15 is 0 Å². The van der Waals surface area contributed by atoms with Crippen LogP contribution >= 0.6 is 11.6 Å². The van der Waals surface area contributed by atoms with E-state index in [-0.39, 0.29) is 5.69 Å². The second-order valence-corrected chi connectivity index (χ2v) is 9.13. The van der Waals surface area contributed by atoms with Gasteiger partial charge in [0.2, 0.25) is 15.9 Å². The Hall–Kier alpha value is -2.26. The maximum atomic E-state index is 13.1. The molecule has 0 spiro atoms. The summed E-state index contributed by atoms with van der Waals surface area (Å²) < 4.78 is 64.4. The lowest BCUT2D eigenvalue weighted by Crippen LogP contribution is -2.41. The van der Waals surface area contributed by atoms with Crippen molar-refractivity contribution < 1.29 is 26.4 Å². The average molecular weight is 463 g/mol. The number of nitrogens with one attached hydrogen (secondary N) is 1. The summed E-state index contributed by atoms with van der Waals surface area (Å²) in [6.45, 7) is 3.07. The number of amides is 1. The molecule has 0 aliphatic rings. The van der Waals surface area contributed by atoms with Crippen molar-refractivity contribution in [1.82, 2.24) is 5.32 Å². The molecule has 0 saturated heterocycles. The van der Waals surface area contributed by atoms with Crippen molar-refractivity contribution in [2.75, 3.05) is 17.1 Å². The highest BCUT2D eigenvalue weighted by molar-refractivity contribution is 7.92. The fourth-order valence-corrected chi connectivity index (χ4v) is 3.90. The van der Waals surface area contributed by atoms with Crippen molar-refractivity contribution in [1.29, 1.82) is 0 Å². The number of nitrogens with zero attached hydrogens (tertiary/aromatic N) is 1. The Morgan fingerprint density at radius 1 is 1.17 bits per heavy atom. The predicted octanol–water partition coefficient (Wildman–Crippen LogP) is 4.56. The molecule has 2 aromatic rings. The smallest absolute Gasteiger partial charge is 0.348 e. The molecule has 2 aromatic carbocycles. The van der Waals surface area contributed by atoms with Gasteiger partial charge in [-0.1, -0.05) is 42.8 Å². The quantitative estimate of drug-likeness (QED) is 0.655. The van der Waals surface area contributed by atoms with Gasteiger partial charge in [-0.2, -0.15) is 13.2 Å². The Bertz CT molecular complexity index is 1010. The molecule has 0 aromatic heterocycles. The van der Waals surface area contributed by atoms with E-state index in [1.54, 1.807) is 6.92 Å². The maximum Gasteiger partial charge on any atom is 0.417 e. The number of carbonyl (C=O) groups is 1. The Labute approximate surface area is 178 Å². The highest BCUT2D eigenvalue weighted by Crippen LogP contribution is 2.37. The van der Waals surface area contributed by atoms with E-state index in [4.69, 9.17) is 11.6 Å². The van der Waals surface area contributed by atoms with Gasteiger partial charge in [-0.3, -0.25) is 9.10 Å². The van der Waals surface area contributed by atoms with E-state index in [0.29, 0.717) is 10.4 Å². The van der Waals surface area contributed by atoms with Crippen molar-refractivity contribution in [3.05, 3.63) is 64.2 Å². The van der Waals surface area contributed by atoms with Gasteiger partial charge < -0.3 is 5.32 Å². The summed E-state index contributed by atoms with van der Waals surface area (Å²) in [6, 6.07) is 9.83. The van der Waals surface area contributed by atoms with Crippen molar-refractivity contribution in [2.24, 2.45) is 0 Å². The number of carbonyl (C=O) groups excluding carboxylic acids is 1. The third-order valence-corrected chi connectivity index (χ3v) is 5.97. The first-order valence-corrected chi connectivity index (χ1v) is 11.3. The van der Waals surface area contributed by atoms with Gasteiger partial charge in [0.05, 0.1) is 28.6 Å². The van der Waals surface area contributed by atoms with Crippen molar-refractivity contribution in [2.45, 2.75) is 32.5 Å². The molecule has 0 aliphatic carbocycles. The van der Waals surface area contributed by atoms with Crippen LogP contribution in [0.25, 0.3) is 0 Å². The molecule has 30 heavy (non-hydrogen) atoms. The fraction of sp³-hybridized carbons (Fsp3) is 0.350. The molecule has 0 bridgehead atoms. The molecule has 1 atom stereocenters. The van der Waals surface area contributed by atoms with Crippen molar-refractivity contribution in [3.8, 4) is 0 Å². The second-order valence-electron chi connectivity index (χ2n) is 6.82. The first-order chi connectivity index (χ1) is 13.8. The standard InChI is InChI=1S/C20H22ClF3N2O3S/c1-4-14-5-7-15(8-6-14)13(2)25-19(27)12-26(30(3,28)29)16-9-10-18(21)17(11-16)20(22,23)24/h5-11,13H,4,12H2,1-3H3,(H,25,27). The minimum absolute atomic E-state index is 0.302. The van der Waals surface area contributed by atoms with Crippen LogP contribution in [-0.4, -0.2) is 27.1 Å². The molecule has 0 saturated carbocycles. The zero-order valence-corrected chi connectivity index (χ0v) is 18.2. The molecule has 1 N–H and O–H groups in total. The Morgan fingerprint density at radius 2 is 1.77 bits per heavy atom. The number of anilines is 1. The van der Waals surface area contributed by atoms with Crippen LogP contribution in [0.2, 0.25) is 5.02 Å². The topological polar surface area (TPSA) is 66.5 Å². The number of sulfonamides is 1. The van der Waals surface area contributed by atoms with E-state index in [9.17, 15) is 26.4 Å². The Balaban J connectivity index is 2.24. The van der Waals surface area contributed by atoms with Crippen LogP contribution in [0.15, 0.2) is 42.5 Å². The molecule has 1 amide bonds. The van der Waals surface area contributed by atoms with Gasteiger partial charge in [0.25, 0.3) is 0 Å². The number of aryl methyl sites for hydroxylation is 1. The molecular weight excluding hydrogens is 441 g/mol. The SMILES string of the molecule is CCc1ccc(C(C)NC(=O)CN(c2ccc(Cl)c(C(F)(F)F)c2)S(C)(=O)=O)cc1. The average Bonchev–Trinajstić information content (AvgIpc) is 2.65. The zero-order chi connectivity index (χ0) is 22.7. The molecule has 2 rings (SSSR count). The Morgan fingerprint density at radius 3 is 2.27 bits per heavy atom. The zero-order valence-electron chi connectivity index (χ0n) is 16.6. The summed E-state index contributed by atoms with van der Waals surface area (Å²) in [5, 5.41) is 2.11. The summed E-state index contributed by atoms with van der Waals surface area (Å²) in [5.74, 6) is -0.656. The first-order valence-electron chi connectivity index (χ1n) is 9.05. The minimum atomic E-state index is -4.77. The molecule has 10 heteroatoms. The number of halogens is 4. The van der Waals surface area contributed by atoms with E-state index in [2.05, 4.69) is 5.32 Å². The number of benzene rings is 2. The van der Waals surface area contributed by atoms with Crippen molar-refractivity contribution in [3.63, 3.8) is 0 Å². The molecule has 5 nitrogen and oxygen atoms in total. The predicted molar refractivity (Wildman–Crippen MR) is 111 cm³/mol. The monoisotopic (exact) mass is 462 g/mol. The maximum absolute atomic E-state index is 13.1. The molecule has 0 heterocycles. The number of hydrogen-bond acceptors (Lipinski definition) is 3. The summed E-state index contributed by atoms with van der Waals surface area (Å²) >= 11 is 5.60. The van der Waals surface area contributed by atoms with Gasteiger partial charge in [0, 0.05) is 0 Å². The molecule has 0 radical (unpaired) electrons. The first kappa shape index (κ1) is 24.0.